The van der Waals surface area contributed by atoms with Crippen molar-refractivity contribution in [2.45, 2.75) is 0 Å². The Kier molecular flexibility index (Phi) is 8.45. The quantitative estimate of drug-likeness (QED) is 0.152. The molecule has 0 atom stereocenters. The summed E-state index contributed by atoms with van der Waals surface area (Å²) in [5.74, 6) is 2.24. The van der Waals surface area contributed by atoms with Gasteiger partial charge in [0.2, 0.25) is 0 Å². The first-order chi connectivity index (χ1) is 29.2. The molecule has 2 aromatic heterocycles. The molecule has 0 aliphatic carbocycles. The molecule has 9 aromatic carbocycles. The van der Waals surface area contributed by atoms with Gasteiger partial charge < -0.3 is 4.42 Å². The summed E-state index contributed by atoms with van der Waals surface area (Å²) in [7, 11) is 0. The van der Waals surface area contributed by atoms with Gasteiger partial charge in [-0.15, -0.1) is 0 Å². The minimum absolute atomic E-state index is 0.487. The largest absolute Gasteiger partial charge is 0.453 e. The Morgan fingerprint density at radius 3 is 1.31 bits per heavy atom. The Morgan fingerprint density at radius 1 is 0.288 bits per heavy atom. The fraction of sp³-hybridized carbons (Fsp3) is 0. The van der Waals surface area contributed by atoms with E-state index in [0.717, 1.165) is 38.8 Å². The summed E-state index contributed by atoms with van der Waals surface area (Å²) in [5, 5.41) is 5.82. The fourth-order valence-corrected chi connectivity index (χ4v) is 8.36. The van der Waals surface area contributed by atoms with E-state index in [1.807, 2.05) is 36.4 Å². The van der Waals surface area contributed by atoms with E-state index < -0.39 is 0 Å². The van der Waals surface area contributed by atoms with Crippen LogP contribution in [-0.2, 0) is 0 Å². The van der Waals surface area contributed by atoms with Gasteiger partial charge in [-0.1, -0.05) is 200 Å². The van der Waals surface area contributed by atoms with Gasteiger partial charge in [0.1, 0.15) is 5.58 Å². The van der Waals surface area contributed by atoms with Gasteiger partial charge in [0, 0.05) is 16.5 Å². The van der Waals surface area contributed by atoms with Crippen molar-refractivity contribution in [3.8, 4) is 78.9 Å². The number of furan rings is 1. The summed E-state index contributed by atoms with van der Waals surface area (Å²) in [6.07, 6.45) is 0. The zero-order valence-corrected chi connectivity index (χ0v) is 32.0. The zero-order valence-electron chi connectivity index (χ0n) is 32.0. The topological polar surface area (TPSA) is 51.8 Å². The van der Waals surface area contributed by atoms with E-state index in [0.29, 0.717) is 23.2 Å². The average Bonchev–Trinajstić information content (AvgIpc) is 3.76. The second-order valence-electron chi connectivity index (χ2n) is 14.7. The molecule has 0 saturated heterocycles. The van der Waals surface area contributed by atoms with Crippen LogP contribution < -0.4 is 0 Å². The van der Waals surface area contributed by atoms with Crippen LogP contribution in [0.1, 0.15) is 0 Å². The molecule has 0 aliphatic rings. The van der Waals surface area contributed by atoms with Crippen molar-refractivity contribution in [3.05, 3.63) is 212 Å². The van der Waals surface area contributed by atoms with Crippen LogP contribution >= 0.6 is 0 Å². The monoisotopic (exact) mass is 753 g/mol. The lowest BCUT2D eigenvalue weighted by atomic mass is 9.84. The normalized spacial score (nSPS) is 11.4. The summed E-state index contributed by atoms with van der Waals surface area (Å²) in [5.41, 5.74) is 12.0. The minimum atomic E-state index is 0.487. The molecule has 0 amide bonds. The molecule has 276 valence electrons. The summed E-state index contributed by atoms with van der Waals surface area (Å²) < 4.78 is 6.29. The molecule has 0 fully saturated rings. The number of aromatic nitrogens is 3. The van der Waals surface area contributed by atoms with Crippen LogP contribution in [0.5, 0.6) is 0 Å². The predicted octanol–water partition coefficient (Wildman–Crippen LogP) is 14.6. The van der Waals surface area contributed by atoms with Gasteiger partial charge in [0.15, 0.2) is 23.2 Å². The number of nitrogens with zero attached hydrogens (tertiary/aromatic N) is 3. The highest BCUT2D eigenvalue weighted by molar-refractivity contribution is 6.22. The van der Waals surface area contributed by atoms with Gasteiger partial charge in [-0.05, 0) is 78.2 Å². The maximum Gasteiger partial charge on any atom is 0.199 e. The van der Waals surface area contributed by atoms with Crippen molar-refractivity contribution < 1.29 is 4.42 Å². The van der Waals surface area contributed by atoms with Crippen molar-refractivity contribution in [3.63, 3.8) is 0 Å². The lowest BCUT2D eigenvalue weighted by molar-refractivity contribution is 0.625. The average molecular weight is 754 g/mol. The molecular weight excluding hydrogens is 719 g/mol. The SMILES string of the molecule is c1ccc(-c2ccc(-c3nc(-c4ccc(-c5c6ccccc6c(-c6ccccc6-c6ccccc6)c6ccccc56)cc4)nc(-c4cc5ccccc5o4)n3)cc2)cc1. The van der Waals surface area contributed by atoms with Gasteiger partial charge in [-0.25, -0.2) is 15.0 Å². The predicted molar refractivity (Wildman–Crippen MR) is 243 cm³/mol. The van der Waals surface area contributed by atoms with Gasteiger partial charge in [-0.3, -0.25) is 0 Å². The molecular formula is C55H35N3O. The van der Waals surface area contributed by atoms with Gasteiger partial charge in [0.05, 0.1) is 0 Å². The van der Waals surface area contributed by atoms with Crippen molar-refractivity contribution in [2.75, 3.05) is 0 Å². The third-order valence-electron chi connectivity index (χ3n) is 11.2. The summed E-state index contributed by atoms with van der Waals surface area (Å²) in [6, 6.07) is 74.4. The van der Waals surface area contributed by atoms with E-state index >= 15 is 0 Å². The van der Waals surface area contributed by atoms with E-state index in [2.05, 4.69) is 176 Å². The van der Waals surface area contributed by atoms with Crippen LogP contribution in [0, 0.1) is 0 Å². The minimum Gasteiger partial charge on any atom is -0.453 e. The highest BCUT2D eigenvalue weighted by Gasteiger charge is 2.20. The Morgan fingerprint density at radius 2 is 0.712 bits per heavy atom. The first-order valence-corrected chi connectivity index (χ1v) is 19.9. The van der Waals surface area contributed by atoms with E-state index in [9.17, 15) is 0 Å². The van der Waals surface area contributed by atoms with Crippen LogP contribution in [0.4, 0.5) is 0 Å². The molecule has 4 heteroatoms. The second-order valence-corrected chi connectivity index (χ2v) is 14.7. The highest BCUT2D eigenvalue weighted by Crippen LogP contribution is 2.46. The first kappa shape index (κ1) is 34.3. The molecule has 11 rings (SSSR count). The molecule has 0 bridgehead atoms. The van der Waals surface area contributed by atoms with Gasteiger partial charge >= 0.3 is 0 Å². The van der Waals surface area contributed by atoms with Crippen LogP contribution in [-0.4, -0.2) is 15.0 Å². The molecule has 2 heterocycles. The maximum atomic E-state index is 6.29. The van der Waals surface area contributed by atoms with Crippen molar-refractivity contribution in [2.24, 2.45) is 0 Å². The van der Waals surface area contributed by atoms with E-state index in [1.165, 1.54) is 49.4 Å². The number of hydrogen-bond acceptors (Lipinski definition) is 4. The summed E-state index contributed by atoms with van der Waals surface area (Å²) in [6.45, 7) is 0. The number of benzene rings is 9. The van der Waals surface area contributed by atoms with Crippen LogP contribution in [0.25, 0.3) is 111 Å². The smallest absolute Gasteiger partial charge is 0.199 e. The van der Waals surface area contributed by atoms with Crippen molar-refractivity contribution in [1.82, 2.24) is 15.0 Å². The van der Waals surface area contributed by atoms with Crippen LogP contribution in [0.15, 0.2) is 217 Å². The number of hydrogen-bond donors (Lipinski definition) is 0. The zero-order chi connectivity index (χ0) is 39.1. The molecule has 0 N–H and O–H groups in total. The third kappa shape index (κ3) is 6.24. The Hall–Kier alpha value is -7.95. The Balaban J connectivity index is 1.04. The van der Waals surface area contributed by atoms with E-state index in [-0.39, 0.29) is 0 Å². The number of rotatable bonds is 7. The lowest BCUT2D eigenvalue weighted by Crippen LogP contribution is -1.99. The van der Waals surface area contributed by atoms with Gasteiger partial charge in [-0.2, -0.15) is 0 Å². The van der Waals surface area contributed by atoms with Crippen molar-refractivity contribution >= 4 is 32.5 Å². The fourth-order valence-electron chi connectivity index (χ4n) is 8.36. The van der Waals surface area contributed by atoms with E-state index in [4.69, 9.17) is 19.4 Å². The van der Waals surface area contributed by atoms with Gasteiger partial charge in [0.25, 0.3) is 0 Å². The number of para-hydroxylation sites is 1. The molecule has 4 nitrogen and oxygen atoms in total. The molecule has 11 aromatic rings. The molecule has 0 spiro atoms. The van der Waals surface area contributed by atoms with E-state index in [1.54, 1.807) is 0 Å². The molecule has 0 radical (unpaired) electrons. The van der Waals surface area contributed by atoms with Crippen LogP contribution in [0.3, 0.4) is 0 Å². The first-order valence-electron chi connectivity index (χ1n) is 19.9. The molecule has 0 saturated carbocycles. The Bertz CT molecular complexity index is 3210. The lowest BCUT2D eigenvalue weighted by Gasteiger charge is -2.19. The summed E-state index contributed by atoms with van der Waals surface area (Å²) in [4.78, 5) is 15.1. The highest BCUT2D eigenvalue weighted by atomic mass is 16.3. The number of fused-ring (bicyclic) bond motifs is 3. The molecule has 0 unspecified atom stereocenters. The molecule has 0 aliphatic heterocycles. The maximum absolute atomic E-state index is 6.29. The standard InChI is InChI=1S/C55H35N3O/c1-3-15-36(16-4-1)37-27-31-40(32-28-37)53-56-54(58-55(57-53)50-35-42-19-7-14-26-49(42)59-50)41-33-29-39(30-34-41)51-45-22-10-12-24-47(45)52(48-25-13-11-23-46(48)51)44-21-9-8-20-43(44)38-17-5-2-6-18-38/h1-35H. The Labute approximate surface area is 341 Å². The molecule has 59 heavy (non-hydrogen) atoms. The third-order valence-corrected chi connectivity index (χ3v) is 11.2. The van der Waals surface area contributed by atoms with Crippen LogP contribution in [0.2, 0.25) is 0 Å². The summed E-state index contributed by atoms with van der Waals surface area (Å²) >= 11 is 0. The second kappa shape index (κ2) is 14.5. The van der Waals surface area contributed by atoms with Crippen molar-refractivity contribution in [1.29, 1.82) is 0 Å².